The largest absolute Gasteiger partial charge is 0.480 e. The van der Waals surface area contributed by atoms with Crippen LogP contribution < -0.4 is 5.32 Å². The zero-order valence-corrected chi connectivity index (χ0v) is 13.6. The topological polar surface area (TPSA) is 99.5 Å². The Labute approximate surface area is 139 Å². The Balaban J connectivity index is 2.13. The van der Waals surface area contributed by atoms with Gasteiger partial charge in [-0.05, 0) is 19.3 Å². The van der Waals surface area contributed by atoms with Crippen molar-refractivity contribution in [2.75, 3.05) is 0 Å². The molecule has 24 heavy (non-hydrogen) atoms. The van der Waals surface area contributed by atoms with E-state index in [-0.39, 0.29) is 18.0 Å². The molecule has 0 radical (unpaired) electrons. The molecule has 2 atom stereocenters. The average Bonchev–Trinajstić information content (AvgIpc) is 3.15. The van der Waals surface area contributed by atoms with E-state index in [2.05, 4.69) is 10.3 Å². The molecule has 1 amide bonds. The Kier molecular flexibility index (Phi) is 5.19. The summed E-state index contributed by atoms with van der Waals surface area (Å²) in [4.78, 5) is 26.7. The van der Waals surface area contributed by atoms with E-state index in [1.807, 2.05) is 0 Å². The Morgan fingerprint density at radius 1 is 1.46 bits per heavy atom. The van der Waals surface area contributed by atoms with Crippen LogP contribution in [0.25, 0.3) is 0 Å². The molecule has 1 saturated carbocycles. The summed E-state index contributed by atoms with van der Waals surface area (Å²) in [5, 5.41) is 21.9. The number of carbonyl (C=O) groups is 2. The number of aryl methyl sites for hydroxylation is 1. The quantitative estimate of drug-likeness (QED) is 0.685. The summed E-state index contributed by atoms with van der Waals surface area (Å²) in [5.74, 6) is -2.33. The Bertz CT molecular complexity index is 630. The Hall–Kier alpha value is -1.68. The van der Waals surface area contributed by atoms with Gasteiger partial charge in [0.05, 0.1) is 6.42 Å². The van der Waals surface area contributed by atoms with Gasteiger partial charge in [-0.3, -0.25) is 4.79 Å². The average molecular weight is 366 g/mol. The van der Waals surface area contributed by atoms with Crippen LogP contribution in [0.4, 0.5) is 13.2 Å². The molecule has 3 N–H and O–H groups in total. The van der Waals surface area contributed by atoms with Gasteiger partial charge in [-0.1, -0.05) is 12.8 Å². The van der Waals surface area contributed by atoms with E-state index in [9.17, 15) is 27.9 Å². The fourth-order valence-electron chi connectivity index (χ4n) is 2.23. The fourth-order valence-corrected chi connectivity index (χ4v) is 3.14. The normalized spacial score (nSPS) is 18.7. The standard InChI is InChI=1S/C14H17F3N2O4S/c1-7-6-24-12(18-7)13(23,14(15,16)17)5-10(20)19-9(11(21)22)4-8-2-3-8/h6,8-9,23H,2-5H2,1H3,(H,19,20)(H,21,22). The van der Waals surface area contributed by atoms with Crippen molar-refractivity contribution in [3.63, 3.8) is 0 Å². The van der Waals surface area contributed by atoms with Gasteiger partial charge in [0.2, 0.25) is 11.5 Å². The van der Waals surface area contributed by atoms with Crippen molar-refractivity contribution < 1.29 is 33.0 Å². The maximum Gasteiger partial charge on any atom is 0.424 e. The highest BCUT2D eigenvalue weighted by molar-refractivity contribution is 7.09. The monoisotopic (exact) mass is 366 g/mol. The second-order valence-electron chi connectivity index (χ2n) is 5.97. The predicted octanol–water partition coefficient (Wildman–Crippen LogP) is 1.96. The molecule has 0 bridgehead atoms. The van der Waals surface area contributed by atoms with Crippen molar-refractivity contribution in [2.24, 2.45) is 5.92 Å². The van der Waals surface area contributed by atoms with E-state index in [0.717, 1.165) is 12.8 Å². The zero-order chi connectivity index (χ0) is 18.1. The number of thiazole rings is 1. The van der Waals surface area contributed by atoms with Crippen LogP contribution in [0.15, 0.2) is 5.38 Å². The van der Waals surface area contributed by atoms with Crippen molar-refractivity contribution in [1.29, 1.82) is 0 Å². The predicted molar refractivity (Wildman–Crippen MR) is 78.3 cm³/mol. The fraction of sp³-hybridized carbons (Fsp3) is 0.643. The number of carboxylic acids is 1. The van der Waals surface area contributed by atoms with Crippen LogP contribution in [0.3, 0.4) is 0 Å². The number of carbonyl (C=O) groups excluding carboxylic acids is 1. The van der Waals surface area contributed by atoms with Gasteiger partial charge < -0.3 is 15.5 Å². The highest BCUT2D eigenvalue weighted by Gasteiger charge is 2.58. The summed E-state index contributed by atoms with van der Waals surface area (Å²) in [7, 11) is 0. The lowest BCUT2D eigenvalue weighted by molar-refractivity contribution is -0.267. The van der Waals surface area contributed by atoms with Gasteiger partial charge in [0.15, 0.2) is 0 Å². The number of aliphatic hydroxyl groups is 1. The van der Waals surface area contributed by atoms with Gasteiger partial charge in [-0.15, -0.1) is 11.3 Å². The molecule has 1 aromatic heterocycles. The second-order valence-corrected chi connectivity index (χ2v) is 6.82. The van der Waals surface area contributed by atoms with Crippen molar-refractivity contribution in [3.05, 3.63) is 16.1 Å². The molecule has 0 spiro atoms. The minimum atomic E-state index is -5.12. The van der Waals surface area contributed by atoms with Crippen LogP contribution >= 0.6 is 11.3 Å². The first kappa shape index (κ1) is 18.7. The summed E-state index contributed by atoms with van der Waals surface area (Å²) in [6.45, 7) is 1.47. The lowest BCUT2D eigenvalue weighted by Crippen LogP contribution is -2.49. The number of hydrogen-bond acceptors (Lipinski definition) is 5. The van der Waals surface area contributed by atoms with E-state index in [0.29, 0.717) is 11.3 Å². The minimum Gasteiger partial charge on any atom is -0.480 e. The molecule has 10 heteroatoms. The van der Waals surface area contributed by atoms with Gasteiger partial charge in [-0.25, -0.2) is 9.78 Å². The molecule has 0 aliphatic heterocycles. The molecule has 0 saturated heterocycles. The summed E-state index contributed by atoms with van der Waals surface area (Å²) < 4.78 is 39.9. The molecule has 1 aromatic rings. The summed E-state index contributed by atoms with van der Waals surface area (Å²) >= 11 is 0.594. The van der Waals surface area contributed by atoms with Crippen LogP contribution in [0.2, 0.25) is 0 Å². The first-order valence-corrected chi connectivity index (χ1v) is 8.15. The number of halogens is 3. The maximum absolute atomic E-state index is 13.3. The summed E-state index contributed by atoms with van der Waals surface area (Å²) in [5.41, 5.74) is -3.16. The first-order valence-electron chi connectivity index (χ1n) is 7.27. The lowest BCUT2D eigenvalue weighted by atomic mass is 9.98. The lowest BCUT2D eigenvalue weighted by Gasteiger charge is -2.28. The van der Waals surface area contributed by atoms with Crippen molar-refractivity contribution >= 4 is 23.2 Å². The third-order valence-corrected chi connectivity index (χ3v) is 4.87. The van der Waals surface area contributed by atoms with Crippen LogP contribution in [-0.4, -0.2) is 39.3 Å². The molecular weight excluding hydrogens is 349 g/mol. The third-order valence-electron chi connectivity index (χ3n) is 3.76. The molecule has 2 unspecified atom stereocenters. The molecule has 134 valence electrons. The number of nitrogens with zero attached hydrogens (tertiary/aromatic N) is 1. The maximum atomic E-state index is 13.3. The van der Waals surface area contributed by atoms with E-state index >= 15 is 0 Å². The van der Waals surface area contributed by atoms with E-state index < -0.39 is 41.1 Å². The number of nitrogens with one attached hydrogen (secondary N) is 1. The third kappa shape index (κ3) is 4.23. The van der Waals surface area contributed by atoms with Crippen molar-refractivity contribution in [3.8, 4) is 0 Å². The van der Waals surface area contributed by atoms with Crippen LogP contribution in [0.5, 0.6) is 0 Å². The van der Waals surface area contributed by atoms with Gasteiger partial charge in [0, 0.05) is 11.1 Å². The van der Waals surface area contributed by atoms with Gasteiger partial charge in [0.1, 0.15) is 11.0 Å². The Morgan fingerprint density at radius 3 is 2.50 bits per heavy atom. The molecule has 1 heterocycles. The molecule has 1 fully saturated rings. The van der Waals surface area contributed by atoms with Crippen molar-refractivity contribution in [1.82, 2.24) is 10.3 Å². The highest BCUT2D eigenvalue weighted by atomic mass is 32.1. The van der Waals surface area contributed by atoms with Crippen molar-refractivity contribution in [2.45, 2.75) is 50.4 Å². The Morgan fingerprint density at radius 2 is 2.08 bits per heavy atom. The van der Waals surface area contributed by atoms with E-state index in [4.69, 9.17) is 5.11 Å². The molecule has 6 nitrogen and oxygen atoms in total. The van der Waals surface area contributed by atoms with Gasteiger partial charge >= 0.3 is 12.1 Å². The van der Waals surface area contributed by atoms with E-state index in [1.165, 1.54) is 12.3 Å². The SMILES string of the molecule is Cc1csc(C(O)(CC(=O)NC(CC2CC2)C(=O)O)C(F)(F)F)n1. The first-order chi connectivity index (χ1) is 11.0. The highest BCUT2D eigenvalue weighted by Crippen LogP contribution is 2.43. The van der Waals surface area contributed by atoms with Crippen LogP contribution in [0, 0.1) is 12.8 Å². The molecule has 1 aliphatic carbocycles. The van der Waals surface area contributed by atoms with Crippen LogP contribution in [-0.2, 0) is 15.2 Å². The molecule has 0 aromatic carbocycles. The number of amides is 1. The number of hydrogen-bond donors (Lipinski definition) is 3. The number of aromatic nitrogens is 1. The molecule has 1 aliphatic rings. The number of rotatable bonds is 7. The summed E-state index contributed by atoms with van der Waals surface area (Å²) in [6.07, 6.45) is -4.61. The van der Waals surface area contributed by atoms with Gasteiger partial charge in [-0.2, -0.15) is 13.2 Å². The smallest absolute Gasteiger partial charge is 0.424 e. The number of alkyl halides is 3. The van der Waals surface area contributed by atoms with Gasteiger partial charge in [0.25, 0.3) is 0 Å². The summed E-state index contributed by atoms with van der Waals surface area (Å²) in [6, 6.07) is -1.26. The minimum absolute atomic E-state index is 0.162. The zero-order valence-electron chi connectivity index (χ0n) is 12.8. The number of carboxylic acid groups (broad SMARTS) is 1. The number of aliphatic carboxylic acids is 1. The molecule has 2 rings (SSSR count). The molecular formula is C14H17F3N2O4S. The van der Waals surface area contributed by atoms with E-state index in [1.54, 1.807) is 0 Å². The second kappa shape index (κ2) is 6.67. The van der Waals surface area contributed by atoms with Crippen LogP contribution in [0.1, 0.15) is 36.4 Å².